The third-order valence-electron chi connectivity index (χ3n) is 10.4. The highest BCUT2D eigenvalue weighted by Gasteiger charge is 2.63. The van der Waals surface area contributed by atoms with Gasteiger partial charge in [-0.05, 0) is 87.5 Å². The smallest absolute Gasteiger partial charge is 0.172 e. The zero-order chi connectivity index (χ0) is 25.5. The van der Waals surface area contributed by atoms with Crippen LogP contribution in [0.3, 0.4) is 0 Å². The van der Waals surface area contributed by atoms with Crippen LogP contribution in [0.4, 0.5) is 8.78 Å². The van der Waals surface area contributed by atoms with E-state index in [1.165, 1.54) is 24.6 Å². The molecule has 6 atom stereocenters. The summed E-state index contributed by atoms with van der Waals surface area (Å²) in [5.41, 5.74) is 0.213. The molecule has 3 saturated carbocycles. The van der Waals surface area contributed by atoms with Crippen molar-refractivity contribution in [3.63, 3.8) is 0 Å². The van der Waals surface area contributed by atoms with Crippen molar-refractivity contribution in [2.24, 2.45) is 17.3 Å². The van der Waals surface area contributed by atoms with Crippen LogP contribution in [0.2, 0.25) is 0 Å². The quantitative estimate of drug-likeness (QED) is 0.408. The summed E-state index contributed by atoms with van der Waals surface area (Å²) < 4.78 is 41.7. The van der Waals surface area contributed by atoms with Crippen molar-refractivity contribution in [2.75, 3.05) is 13.2 Å². The van der Waals surface area contributed by atoms with Gasteiger partial charge in [-0.15, -0.1) is 5.92 Å². The number of rotatable bonds is 1. The maximum atomic E-state index is 14.8. The van der Waals surface area contributed by atoms with Gasteiger partial charge in [-0.3, -0.25) is 0 Å². The van der Waals surface area contributed by atoms with E-state index in [0.717, 1.165) is 31.3 Å². The number of hydrogen-bond acceptors (Lipinski definition) is 4. The third kappa shape index (κ3) is 3.32. The molecule has 0 radical (unpaired) electrons. The first-order chi connectivity index (χ1) is 17.0. The normalized spacial score (nSPS) is 40.9. The van der Waals surface area contributed by atoms with Gasteiger partial charge in [0.1, 0.15) is 17.2 Å². The second kappa shape index (κ2) is 8.11. The van der Waals surface area contributed by atoms with Crippen molar-refractivity contribution >= 4 is 0 Å². The molecule has 2 N–H and O–H groups in total. The lowest BCUT2D eigenvalue weighted by molar-refractivity contribution is -0.212. The van der Waals surface area contributed by atoms with Crippen LogP contribution in [-0.4, -0.2) is 40.4 Å². The summed E-state index contributed by atoms with van der Waals surface area (Å²) in [5.74, 6) is 4.06. The first-order valence-electron chi connectivity index (χ1n) is 13.4. The molecule has 0 bridgehead atoms. The summed E-state index contributed by atoms with van der Waals surface area (Å²) in [6.45, 7) is 6.30. The molecule has 6 rings (SSSR count). The van der Waals surface area contributed by atoms with Gasteiger partial charge >= 0.3 is 0 Å². The lowest BCUT2D eigenvalue weighted by atomic mass is 9.51. The Labute approximate surface area is 212 Å². The van der Waals surface area contributed by atoms with E-state index in [1.807, 2.05) is 0 Å². The van der Waals surface area contributed by atoms with E-state index in [1.54, 1.807) is 6.92 Å². The zero-order valence-electron chi connectivity index (χ0n) is 21.4. The predicted molar refractivity (Wildman–Crippen MR) is 131 cm³/mol. The van der Waals surface area contributed by atoms with Crippen LogP contribution in [0.15, 0.2) is 23.3 Å². The maximum absolute atomic E-state index is 14.8. The Hall–Kier alpha value is -1.78. The minimum absolute atomic E-state index is 0.00258. The van der Waals surface area contributed by atoms with Crippen molar-refractivity contribution in [1.82, 2.24) is 0 Å². The fourth-order valence-electron chi connectivity index (χ4n) is 8.61. The molecule has 1 saturated heterocycles. The van der Waals surface area contributed by atoms with Gasteiger partial charge in [0.15, 0.2) is 5.79 Å². The zero-order valence-corrected chi connectivity index (χ0v) is 21.4. The number of benzene rings is 1. The average Bonchev–Trinajstić information content (AvgIpc) is 3.37. The van der Waals surface area contributed by atoms with Gasteiger partial charge in [-0.25, -0.2) is 8.78 Å². The number of ether oxygens (including phenoxy) is 2. The molecule has 194 valence electrons. The van der Waals surface area contributed by atoms with Gasteiger partial charge in [0, 0.05) is 29.7 Å². The number of halogens is 2. The van der Waals surface area contributed by atoms with E-state index in [9.17, 15) is 19.0 Å². The highest BCUT2D eigenvalue weighted by Crippen LogP contribution is 2.66. The Bertz CT molecular complexity index is 1170. The molecule has 1 spiro atoms. The molecule has 36 heavy (non-hydrogen) atoms. The molecule has 5 aliphatic rings. The fraction of sp³-hybridized carbons (Fsp3) is 0.667. The molecular weight excluding hydrogens is 462 g/mol. The van der Waals surface area contributed by atoms with Crippen LogP contribution in [0.1, 0.15) is 82.3 Å². The summed E-state index contributed by atoms with van der Waals surface area (Å²) in [7, 11) is 0. The van der Waals surface area contributed by atoms with Crippen molar-refractivity contribution in [1.29, 1.82) is 0 Å². The number of aliphatic hydroxyl groups is 2. The summed E-state index contributed by atoms with van der Waals surface area (Å²) in [4.78, 5) is 0. The molecule has 0 amide bonds. The second-order valence-electron chi connectivity index (χ2n) is 12.1. The SMILES string of the molecule is CC#CC1(O)CCC2C3CCC4(O)CC5(CC(c6cc(F)c(C)c(F)c6)C4=C3CCC21C)OCCO5. The monoisotopic (exact) mass is 498 g/mol. The second-order valence-corrected chi connectivity index (χ2v) is 12.1. The molecule has 1 heterocycles. The van der Waals surface area contributed by atoms with Gasteiger partial charge in [0.05, 0.1) is 18.8 Å². The van der Waals surface area contributed by atoms with Gasteiger partial charge in [0.25, 0.3) is 0 Å². The molecule has 6 heteroatoms. The van der Waals surface area contributed by atoms with Crippen molar-refractivity contribution in [3.05, 3.63) is 46.0 Å². The Morgan fingerprint density at radius 1 is 1.03 bits per heavy atom. The molecule has 1 aromatic rings. The Balaban J connectivity index is 1.49. The van der Waals surface area contributed by atoms with E-state index in [2.05, 4.69) is 18.8 Å². The Kier molecular flexibility index (Phi) is 5.53. The van der Waals surface area contributed by atoms with E-state index in [4.69, 9.17) is 9.47 Å². The van der Waals surface area contributed by atoms with Gasteiger partial charge in [-0.1, -0.05) is 18.4 Å². The molecule has 0 aromatic heterocycles. The maximum Gasteiger partial charge on any atom is 0.172 e. The Morgan fingerprint density at radius 3 is 2.39 bits per heavy atom. The predicted octanol–water partition coefficient (Wildman–Crippen LogP) is 5.30. The molecule has 4 aliphatic carbocycles. The highest BCUT2D eigenvalue weighted by molar-refractivity contribution is 5.45. The van der Waals surface area contributed by atoms with Crippen molar-refractivity contribution in [2.45, 2.75) is 95.0 Å². The molecule has 4 fully saturated rings. The summed E-state index contributed by atoms with van der Waals surface area (Å²) in [6, 6.07) is 2.85. The van der Waals surface area contributed by atoms with Crippen LogP contribution in [0.25, 0.3) is 0 Å². The number of hydrogen-bond donors (Lipinski definition) is 2. The van der Waals surface area contributed by atoms with E-state index < -0.39 is 34.5 Å². The standard InChI is InChI=1S/C30H36F2O4/c1-4-8-29(34)11-7-23-20-6-10-28(33)17-30(35-12-13-36-30)16-22(19-14-24(31)18(2)25(32)15-19)26(28)21(20)5-9-27(23,29)3/h14-15,20,22-23,33-34H,5-7,9-13,16-17H2,1-3H3. The average molecular weight is 499 g/mol. The molecule has 1 aromatic carbocycles. The van der Waals surface area contributed by atoms with Gasteiger partial charge < -0.3 is 19.7 Å². The number of fused-ring (bicyclic) bond motifs is 4. The minimum atomic E-state index is -1.15. The summed E-state index contributed by atoms with van der Waals surface area (Å²) in [6.07, 6.45) is 5.17. The lowest BCUT2D eigenvalue weighted by Crippen LogP contribution is -2.55. The minimum Gasteiger partial charge on any atom is -0.385 e. The topological polar surface area (TPSA) is 58.9 Å². The van der Waals surface area contributed by atoms with Crippen LogP contribution < -0.4 is 0 Å². The first kappa shape index (κ1) is 24.6. The third-order valence-corrected chi connectivity index (χ3v) is 10.4. The van der Waals surface area contributed by atoms with Crippen molar-refractivity contribution in [3.8, 4) is 11.8 Å². The Morgan fingerprint density at radius 2 is 1.72 bits per heavy atom. The molecule has 4 nitrogen and oxygen atoms in total. The van der Waals surface area contributed by atoms with Crippen LogP contribution in [0, 0.1) is 47.6 Å². The molecule has 6 unspecified atom stereocenters. The summed E-state index contributed by atoms with van der Waals surface area (Å²) >= 11 is 0. The molecular formula is C30H36F2O4. The van der Waals surface area contributed by atoms with E-state index in [-0.39, 0.29) is 22.8 Å². The largest absolute Gasteiger partial charge is 0.385 e. The van der Waals surface area contributed by atoms with E-state index >= 15 is 0 Å². The number of allylic oxidation sites excluding steroid dienone is 1. The van der Waals surface area contributed by atoms with E-state index in [0.29, 0.717) is 44.5 Å². The van der Waals surface area contributed by atoms with Gasteiger partial charge in [-0.2, -0.15) is 0 Å². The van der Waals surface area contributed by atoms with Crippen LogP contribution >= 0.6 is 0 Å². The van der Waals surface area contributed by atoms with Crippen LogP contribution in [0.5, 0.6) is 0 Å². The fourth-order valence-corrected chi connectivity index (χ4v) is 8.61. The lowest BCUT2D eigenvalue weighted by Gasteiger charge is -2.56. The first-order valence-corrected chi connectivity index (χ1v) is 13.4. The van der Waals surface area contributed by atoms with Crippen molar-refractivity contribution < 1.29 is 28.5 Å². The summed E-state index contributed by atoms with van der Waals surface area (Å²) in [5, 5.41) is 23.7. The van der Waals surface area contributed by atoms with Crippen LogP contribution in [-0.2, 0) is 9.47 Å². The molecule has 1 aliphatic heterocycles. The highest BCUT2D eigenvalue weighted by atomic mass is 19.1. The van der Waals surface area contributed by atoms with Gasteiger partial charge in [0.2, 0.25) is 0 Å².